The van der Waals surface area contributed by atoms with E-state index in [1.165, 1.54) is 0 Å². The van der Waals surface area contributed by atoms with Crippen LogP contribution in [-0.2, 0) is 11.3 Å². The van der Waals surface area contributed by atoms with E-state index in [1.54, 1.807) is 0 Å². The van der Waals surface area contributed by atoms with E-state index in [0.29, 0.717) is 0 Å². The van der Waals surface area contributed by atoms with Gasteiger partial charge in [-0.3, -0.25) is 0 Å². The van der Waals surface area contributed by atoms with Crippen LogP contribution < -0.4 is 5.73 Å². The quantitative estimate of drug-likeness (QED) is 0.803. The number of carbonyl (C=O) groups excluding carboxylic acids is 1. The molecule has 0 aliphatic carbocycles. The van der Waals surface area contributed by atoms with E-state index in [4.69, 9.17) is 5.73 Å². The molecule has 0 spiro atoms. The molecule has 1 aromatic rings. The van der Waals surface area contributed by atoms with Gasteiger partial charge in [0.15, 0.2) is 11.5 Å². The van der Waals surface area contributed by atoms with Crippen molar-refractivity contribution in [2.45, 2.75) is 13.0 Å². The second-order valence-electron chi connectivity index (χ2n) is 2.86. The van der Waals surface area contributed by atoms with Crippen molar-refractivity contribution in [1.29, 1.82) is 0 Å². The van der Waals surface area contributed by atoms with Gasteiger partial charge in [0.2, 0.25) is 0 Å². The lowest BCUT2D eigenvalue weighted by Gasteiger charge is -2.08. The van der Waals surface area contributed by atoms with Gasteiger partial charge >= 0.3 is 5.97 Å². The number of hydrogen-bond acceptors (Lipinski definition) is 4. The summed E-state index contributed by atoms with van der Waals surface area (Å²) in [5, 5.41) is 0. The molecule has 1 aromatic heterocycles. The Kier molecular flexibility index (Phi) is 3.83. The van der Waals surface area contributed by atoms with Gasteiger partial charge in [-0.2, -0.15) is 0 Å². The average Bonchev–Trinajstić information content (AvgIpc) is 2.28. The molecule has 88 valence electrons. The molecule has 0 atom stereocenters. The highest BCUT2D eigenvalue weighted by Gasteiger charge is 2.23. The molecule has 0 amide bonds. The van der Waals surface area contributed by atoms with E-state index < -0.39 is 29.5 Å². The van der Waals surface area contributed by atoms with E-state index in [9.17, 15) is 18.0 Å². The van der Waals surface area contributed by atoms with Crippen LogP contribution in [0.15, 0.2) is 6.07 Å². The van der Waals surface area contributed by atoms with Gasteiger partial charge < -0.3 is 10.5 Å². The van der Waals surface area contributed by atoms with Crippen molar-refractivity contribution in [3.05, 3.63) is 28.8 Å². The number of rotatable bonds is 3. The summed E-state index contributed by atoms with van der Waals surface area (Å²) in [5.41, 5.74) is 3.51. The summed E-state index contributed by atoms with van der Waals surface area (Å²) in [5.74, 6) is -2.49. The predicted octanol–water partition coefficient (Wildman–Crippen LogP) is 1.40. The van der Waals surface area contributed by atoms with Crippen LogP contribution in [0.1, 0.15) is 28.2 Å². The molecule has 0 radical (unpaired) electrons. The SMILES string of the molecule is COC(=O)c1nc(CN)cc(C(F)F)c1F. The van der Waals surface area contributed by atoms with Crippen molar-refractivity contribution in [2.24, 2.45) is 5.73 Å². The van der Waals surface area contributed by atoms with E-state index in [0.717, 1.165) is 13.2 Å². The summed E-state index contributed by atoms with van der Waals surface area (Å²) < 4.78 is 42.5. The number of nitrogens with zero attached hydrogens (tertiary/aromatic N) is 1. The molecular formula is C9H9F3N2O2. The minimum Gasteiger partial charge on any atom is -0.464 e. The first kappa shape index (κ1) is 12.4. The van der Waals surface area contributed by atoms with E-state index in [2.05, 4.69) is 9.72 Å². The predicted molar refractivity (Wildman–Crippen MR) is 48.4 cm³/mol. The second-order valence-corrected chi connectivity index (χ2v) is 2.86. The summed E-state index contributed by atoms with van der Waals surface area (Å²) >= 11 is 0. The van der Waals surface area contributed by atoms with Crippen LogP contribution in [0.4, 0.5) is 13.2 Å². The van der Waals surface area contributed by atoms with Crippen LogP contribution in [0.2, 0.25) is 0 Å². The van der Waals surface area contributed by atoms with Crippen molar-refractivity contribution in [1.82, 2.24) is 4.98 Å². The second kappa shape index (κ2) is 4.93. The topological polar surface area (TPSA) is 65.2 Å². The number of pyridine rings is 1. The highest BCUT2D eigenvalue weighted by Crippen LogP contribution is 2.24. The molecule has 0 aliphatic heterocycles. The van der Waals surface area contributed by atoms with E-state index in [-0.39, 0.29) is 12.2 Å². The number of methoxy groups -OCH3 is 1. The average molecular weight is 234 g/mol. The zero-order chi connectivity index (χ0) is 12.3. The largest absolute Gasteiger partial charge is 0.464 e. The highest BCUT2D eigenvalue weighted by molar-refractivity contribution is 5.87. The maximum Gasteiger partial charge on any atom is 0.359 e. The molecule has 0 unspecified atom stereocenters. The Morgan fingerprint density at radius 2 is 2.25 bits per heavy atom. The third-order valence-corrected chi connectivity index (χ3v) is 1.86. The molecule has 1 heterocycles. The Balaban J connectivity index is 3.37. The number of aromatic nitrogens is 1. The van der Waals surface area contributed by atoms with Crippen molar-refractivity contribution < 1.29 is 22.7 Å². The summed E-state index contributed by atoms with van der Waals surface area (Å²) in [7, 11) is 1.00. The number of hydrogen-bond donors (Lipinski definition) is 1. The van der Waals surface area contributed by atoms with Crippen LogP contribution in [0, 0.1) is 5.82 Å². The Bertz CT molecular complexity index is 410. The van der Waals surface area contributed by atoms with E-state index in [1.807, 2.05) is 0 Å². The van der Waals surface area contributed by atoms with Gasteiger partial charge in [0, 0.05) is 6.54 Å². The zero-order valence-electron chi connectivity index (χ0n) is 8.34. The minimum absolute atomic E-state index is 0.00269. The third kappa shape index (κ3) is 2.30. The molecule has 0 bridgehead atoms. The number of alkyl halides is 2. The van der Waals surface area contributed by atoms with Crippen molar-refractivity contribution in [3.8, 4) is 0 Å². The van der Waals surface area contributed by atoms with Gasteiger partial charge in [-0.05, 0) is 6.07 Å². The Morgan fingerprint density at radius 1 is 1.62 bits per heavy atom. The fourth-order valence-electron chi connectivity index (χ4n) is 1.10. The minimum atomic E-state index is -3.04. The molecular weight excluding hydrogens is 225 g/mol. The van der Waals surface area contributed by atoms with Crippen LogP contribution in [0.5, 0.6) is 0 Å². The van der Waals surface area contributed by atoms with Crippen molar-refractivity contribution in [2.75, 3.05) is 7.11 Å². The molecule has 2 N–H and O–H groups in total. The standard InChI is InChI=1S/C9H9F3N2O2/c1-16-9(15)7-6(10)5(8(11)12)2-4(3-13)14-7/h2,8H,3,13H2,1H3. The molecule has 0 aromatic carbocycles. The van der Waals surface area contributed by atoms with E-state index >= 15 is 0 Å². The molecule has 1 rings (SSSR count). The summed E-state index contributed by atoms with van der Waals surface area (Å²) in [6.45, 7) is -0.177. The molecule has 0 saturated heterocycles. The summed E-state index contributed by atoms with van der Waals surface area (Å²) in [6.07, 6.45) is -3.04. The monoisotopic (exact) mass is 234 g/mol. The smallest absolute Gasteiger partial charge is 0.359 e. The van der Waals surface area contributed by atoms with Crippen molar-refractivity contribution in [3.63, 3.8) is 0 Å². The Labute approximate surface area is 89.2 Å². The highest BCUT2D eigenvalue weighted by atomic mass is 19.3. The van der Waals surface area contributed by atoms with Crippen LogP contribution >= 0.6 is 0 Å². The van der Waals surface area contributed by atoms with Gasteiger partial charge in [0.25, 0.3) is 6.43 Å². The third-order valence-electron chi connectivity index (χ3n) is 1.86. The van der Waals surface area contributed by atoms with Gasteiger partial charge in [-0.15, -0.1) is 0 Å². The molecule has 16 heavy (non-hydrogen) atoms. The molecule has 0 fully saturated rings. The van der Waals surface area contributed by atoms with Crippen molar-refractivity contribution >= 4 is 5.97 Å². The summed E-state index contributed by atoms with van der Waals surface area (Å²) in [6, 6.07) is 0.826. The summed E-state index contributed by atoms with van der Waals surface area (Å²) in [4.78, 5) is 14.6. The lowest BCUT2D eigenvalue weighted by molar-refractivity contribution is 0.0586. The number of nitrogens with two attached hydrogens (primary N) is 1. The maximum atomic E-state index is 13.4. The number of esters is 1. The number of carbonyl (C=O) groups is 1. The zero-order valence-corrected chi connectivity index (χ0v) is 8.34. The molecule has 4 nitrogen and oxygen atoms in total. The lowest BCUT2D eigenvalue weighted by Crippen LogP contribution is -2.13. The molecule has 0 aliphatic rings. The Hall–Kier alpha value is -1.63. The van der Waals surface area contributed by atoms with Gasteiger partial charge in [0.1, 0.15) is 0 Å². The van der Waals surface area contributed by atoms with Gasteiger partial charge in [-0.1, -0.05) is 0 Å². The maximum absolute atomic E-state index is 13.4. The van der Waals surface area contributed by atoms with Gasteiger partial charge in [-0.25, -0.2) is 22.9 Å². The fraction of sp³-hybridized carbons (Fsp3) is 0.333. The first-order chi connectivity index (χ1) is 7.51. The first-order valence-electron chi connectivity index (χ1n) is 4.27. The van der Waals surface area contributed by atoms with Gasteiger partial charge in [0.05, 0.1) is 18.4 Å². The van der Waals surface area contributed by atoms with Crippen LogP contribution in [-0.4, -0.2) is 18.1 Å². The number of halogens is 3. The molecule has 0 saturated carbocycles. The first-order valence-corrected chi connectivity index (χ1v) is 4.27. The fourth-order valence-corrected chi connectivity index (χ4v) is 1.10. The van der Waals surface area contributed by atoms with Crippen LogP contribution in [0.3, 0.4) is 0 Å². The lowest BCUT2D eigenvalue weighted by atomic mass is 10.1. The number of ether oxygens (including phenoxy) is 1. The molecule has 7 heteroatoms. The Morgan fingerprint density at radius 3 is 2.69 bits per heavy atom. The normalized spacial score (nSPS) is 10.6. The van der Waals surface area contributed by atoms with Crippen LogP contribution in [0.25, 0.3) is 0 Å².